The summed E-state index contributed by atoms with van der Waals surface area (Å²) in [6.07, 6.45) is 3.84. The highest BCUT2D eigenvalue weighted by Crippen LogP contribution is 2.26. The fraction of sp³-hybridized carbons (Fsp3) is 0.526. The third-order valence-corrected chi connectivity index (χ3v) is 4.89. The van der Waals surface area contributed by atoms with E-state index >= 15 is 0 Å². The van der Waals surface area contributed by atoms with Gasteiger partial charge in [0.15, 0.2) is 0 Å². The van der Waals surface area contributed by atoms with Crippen molar-refractivity contribution in [1.29, 1.82) is 0 Å². The molecule has 1 aliphatic rings. The van der Waals surface area contributed by atoms with Crippen LogP contribution in [0.25, 0.3) is 0 Å². The van der Waals surface area contributed by atoms with Crippen LogP contribution in [0.15, 0.2) is 28.9 Å². The molecule has 0 aliphatic carbocycles. The average Bonchev–Trinajstić information content (AvgIpc) is 3.03. The van der Waals surface area contributed by atoms with Gasteiger partial charge in [0, 0.05) is 32.4 Å². The molecule has 0 aromatic carbocycles. The van der Waals surface area contributed by atoms with E-state index in [0.29, 0.717) is 11.3 Å². The van der Waals surface area contributed by atoms with Crippen molar-refractivity contribution < 1.29 is 9.32 Å². The smallest absolute Gasteiger partial charge is 0.259 e. The van der Waals surface area contributed by atoms with Crippen LogP contribution in [0.5, 0.6) is 0 Å². The number of hydrogen-bond donors (Lipinski definition) is 0. The topological polar surface area (TPSA) is 62.5 Å². The lowest BCUT2D eigenvalue weighted by molar-refractivity contribution is 0.0714. The van der Waals surface area contributed by atoms with Gasteiger partial charge in [-0.1, -0.05) is 25.1 Å². The largest absolute Gasteiger partial charge is 0.361 e. The molecule has 1 aliphatic heterocycles. The number of carbonyl (C=O) groups excluding carboxylic acids is 1. The number of hydrogen-bond acceptors (Lipinski definition) is 5. The van der Waals surface area contributed by atoms with Gasteiger partial charge in [0.25, 0.3) is 5.91 Å². The van der Waals surface area contributed by atoms with Crippen molar-refractivity contribution in [3.05, 3.63) is 41.4 Å². The van der Waals surface area contributed by atoms with Gasteiger partial charge in [-0.2, -0.15) is 0 Å². The fourth-order valence-electron chi connectivity index (χ4n) is 3.41. The highest BCUT2D eigenvalue weighted by molar-refractivity contribution is 5.96. The first kappa shape index (κ1) is 17.5. The molecule has 3 heterocycles. The number of amides is 1. The summed E-state index contributed by atoms with van der Waals surface area (Å²) in [6, 6.07) is 6.09. The molecule has 0 spiro atoms. The van der Waals surface area contributed by atoms with E-state index in [4.69, 9.17) is 4.52 Å². The molecule has 0 saturated carbocycles. The molecule has 1 amide bonds. The van der Waals surface area contributed by atoms with E-state index in [0.717, 1.165) is 37.4 Å². The van der Waals surface area contributed by atoms with Gasteiger partial charge < -0.3 is 14.3 Å². The zero-order chi connectivity index (χ0) is 18.0. The molecule has 1 fully saturated rings. The van der Waals surface area contributed by atoms with Crippen LogP contribution in [0, 0.1) is 6.92 Å². The van der Waals surface area contributed by atoms with Gasteiger partial charge in [0.1, 0.15) is 17.1 Å². The molecule has 2 aromatic heterocycles. The highest BCUT2D eigenvalue weighted by atomic mass is 16.5. The molecule has 1 atom stereocenters. The second kappa shape index (κ2) is 7.25. The van der Waals surface area contributed by atoms with Crippen LogP contribution in [0.4, 0.5) is 5.82 Å². The first-order valence-corrected chi connectivity index (χ1v) is 8.88. The Balaban J connectivity index is 1.77. The molecule has 6 nitrogen and oxygen atoms in total. The van der Waals surface area contributed by atoms with Gasteiger partial charge >= 0.3 is 0 Å². The van der Waals surface area contributed by atoms with Crippen LogP contribution in [0.2, 0.25) is 0 Å². The molecular weight excluding hydrogens is 316 g/mol. The highest BCUT2D eigenvalue weighted by Gasteiger charge is 2.31. The normalized spacial score (nSPS) is 17.8. The Morgan fingerprint density at radius 2 is 2.20 bits per heavy atom. The minimum Gasteiger partial charge on any atom is -0.361 e. The minimum atomic E-state index is -0.00433. The number of piperidine rings is 1. The second-order valence-electron chi connectivity index (χ2n) is 7.00. The van der Waals surface area contributed by atoms with Crippen molar-refractivity contribution in [1.82, 2.24) is 15.0 Å². The summed E-state index contributed by atoms with van der Waals surface area (Å²) in [5.41, 5.74) is 1.36. The third kappa shape index (κ3) is 3.52. The van der Waals surface area contributed by atoms with Crippen molar-refractivity contribution >= 4 is 11.7 Å². The summed E-state index contributed by atoms with van der Waals surface area (Å²) >= 11 is 0. The van der Waals surface area contributed by atoms with E-state index in [1.807, 2.05) is 50.2 Å². The van der Waals surface area contributed by atoms with Crippen molar-refractivity contribution in [2.75, 3.05) is 25.0 Å². The van der Waals surface area contributed by atoms with Crippen LogP contribution >= 0.6 is 0 Å². The van der Waals surface area contributed by atoms with Crippen LogP contribution in [-0.4, -0.2) is 47.1 Å². The molecule has 0 N–H and O–H groups in total. The fourth-order valence-corrected chi connectivity index (χ4v) is 3.41. The lowest BCUT2D eigenvalue weighted by Gasteiger charge is -2.38. The molecule has 0 radical (unpaired) electrons. The first-order valence-electron chi connectivity index (χ1n) is 8.88. The minimum absolute atomic E-state index is 0.00433. The Hall–Kier alpha value is -2.37. The van der Waals surface area contributed by atoms with E-state index in [-0.39, 0.29) is 17.9 Å². The lowest BCUT2D eigenvalue weighted by Crippen LogP contribution is -2.49. The summed E-state index contributed by atoms with van der Waals surface area (Å²) in [5.74, 6) is 1.71. The summed E-state index contributed by atoms with van der Waals surface area (Å²) in [7, 11) is 1.88. The van der Waals surface area contributed by atoms with Crippen molar-refractivity contribution in [3.8, 4) is 0 Å². The van der Waals surface area contributed by atoms with E-state index in [1.54, 1.807) is 6.92 Å². The molecular formula is C19H26N4O2. The average molecular weight is 342 g/mol. The lowest BCUT2D eigenvalue weighted by atomic mass is 10.0. The zero-order valence-electron chi connectivity index (χ0n) is 15.4. The Kier molecular flexibility index (Phi) is 5.06. The standard InChI is InChI=1S/C19H26N4O2/c1-13(2)18-17(14(3)25-21-18)19(24)22(4)15-8-7-11-23(12-15)16-9-5-6-10-20-16/h5-6,9-10,13,15H,7-8,11-12H2,1-4H3/t15-/m0/s1. The van der Waals surface area contributed by atoms with Crippen molar-refractivity contribution in [2.24, 2.45) is 0 Å². The maximum Gasteiger partial charge on any atom is 0.259 e. The maximum absolute atomic E-state index is 13.1. The van der Waals surface area contributed by atoms with Crippen LogP contribution < -0.4 is 4.90 Å². The van der Waals surface area contributed by atoms with Gasteiger partial charge in [0.05, 0.1) is 5.69 Å². The third-order valence-electron chi connectivity index (χ3n) is 4.89. The predicted molar refractivity (Wildman–Crippen MR) is 96.9 cm³/mol. The monoisotopic (exact) mass is 342 g/mol. The first-order chi connectivity index (χ1) is 12.0. The quantitative estimate of drug-likeness (QED) is 0.853. The SMILES string of the molecule is Cc1onc(C(C)C)c1C(=O)N(C)[C@H]1CCCN(c2ccccn2)C1. The Bertz CT molecular complexity index is 726. The van der Waals surface area contributed by atoms with Crippen LogP contribution in [-0.2, 0) is 0 Å². The van der Waals surface area contributed by atoms with E-state index in [2.05, 4.69) is 15.0 Å². The molecule has 134 valence electrons. The summed E-state index contributed by atoms with van der Waals surface area (Å²) in [4.78, 5) is 21.6. The number of anilines is 1. The predicted octanol–water partition coefficient (Wildman–Crippen LogP) is 3.24. The van der Waals surface area contributed by atoms with Gasteiger partial charge in [0.2, 0.25) is 0 Å². The van der Waals surface area contributed by atoms with Gasteiger partial charge in [-0.15, -0.1) is 0 Å². The summed E-state index contributed by atoms with van der Waals surface area (Å²) < 4.78 is 5.29. The Morgan fingerprint density at radius 1 is 1.40 bits per heavy atom. The van der Waals surface area contributed by atoms with E-state index < -0.39 is 0 Å². The number of aryl methyl sites for hydroxylation is 1. The summed E-state index contributed by atoms with van der Waals surface area (Å²) in [6.45, 7) is 7.62. The molecule has 1 saturated heterocycles. The van der Waals surface area contributed by atoms with Crippen molar-refractivity contribution in [3.63, 3.8) is 0 Å². The summed E-state index contributed by atoms with van der Waals surface area (Å²) in [5, 5.41) is 4.08. The van der Waals surface area contributed by atoms with Gasteiger partial charge in [-0.3, -0.25) is 4.79 Å². The molecule has 0 bridgehead atoms. The maximum atomic E-state index is 13.1. The number of aromatic nitrogens is 2. The number of pyridine rings is 1. The number of likely N-dealkylation sites (N-methyl/N-ethyl adjacent to an activating group) is 1. The van der Waals surface area contributed by atoms with Crippen molar-refractivity contribution in [2.45, 2.75) is 45.6 Å². The molecule has 6 heteroatoms. The van der Waals surface area contributed by atoms with Gasteiger partial charge in [-0.25, -0.2) is 4.98 Å². The molecule has 25 heavy (non-hydrogen) atoms. The number of nitrogens with zero attached hydrogens (tertiary/aromatic N) is 4. The molecule has 2 aromatic rings. The zero-order valence-corrected chi connectivity index (χ0v) is 15.4. The molecule has 3 rings (SSSR count). The number of carbonyl (C=O) groups is 1. The van der Waals surface area contributed by atoms with Gasteiger partial charge in [-0.05, 0) is 37.8 Å². The Morgan fingerprint density at radius 3 is 2.88 bits per heavy atom. The number of rotatable bonds is 4. The van der Waals surface area contributed by atoms with E-state index in [9.17, 15) is 4.79 Å². The Labute approximate surface area is 148 Å². The van der Waals surface area contributed by atoms with Crippen LogP contribution in [0.3, 0.4) is 0 Å². The molecule has 0 unspecified atom stereocenters. The second-order valence-corrected chi connectivity index (χ2v) is 7.00. The van der Waals surface area contributed by atoms with E-state index in [1.165, 1.54) is 0 Å². The van der Waals surface area contributed by atoms with Crippen LogP contribution in [0.1, 0.15) is 54.4 Å².